The quantitative estimate of drug-likeness (QED) is 0.143. The molecule has 1 unspecified atom stereocenters. The lowest BCUT2D eigenvalue weighted by molar-refractivity contribution is -0.177. The van der Waals surface area contributed by atoms with E-state index in [0.29, 0.717) is 25.7 Å². The number of hydrogen-bond donors (Lipinski definition) is 1. The number of rotatable bonds is 7. The van der Waals surface area contributed by atoms with Crippen molar-refractivity contribution in [2.24, 2.45) is 28.6 Å². The number of benzene rings is 2. The van der Waals surface area contributed by atoms with Gasteiger partial charge >= 0.3 is 5.97 Å². The van der Waals surface area contributed by atoms with Gasteiger partial charge in [0, 0.05) is 33.6 Å². The van der Waals surface area contributed by atoms with Gasteiger partial charge in [0.1, 0.15) is 0 Å². The number of carbonyl (C=O) groups is 3. The Labute approximate surface area is 377 Å². The summed E-state index contributed by atoms with van der Waals surface area (Å²) >= 11 is 19.6. The molecule has 5 aliphatic rings. The lowest BCUT2D eigenvalue weighted by Gasteiger charge is -2.64. The molecule has 0 spiro atoms. The Bertz CT molecular complexity index is 2490. The fourth-order valence-electron chi connectivity index (χ4n) is 12.0. The molecule has 62 heavy (non-hydrogen) atoms. The first-order valence-corrected chi connectivity index (χ1v) is 23.0. The maximum Gasteiger partial charge on any atom is 0.375 e. The molecule has 4 aliphatic carbocycles. The van der Waals surface area contributed by atoms with Crippen molar-refractivity contribution in [1.29, 1.82) is 0 Å². The van der Waals surface area contributed by atoms with Crippen LogP contribution in [0.2, 0.25) is 5.02 Å². The molecule has 1 N–H and O–H groups in total. The fraction of sp³-hybridized carbons (Fsp3) is 0.490. The highest BCUT2D eigenvalue weighted by Gasteiger charge is 2.76. The van der Waals surface area contributed by atoms with Gasteiger partial charge < -0.3 is 19.2 Å². The summed E-state index contributed by atoms with van der Waals surface area (Å²) in [6.07, 6.45) is 11.2. The number of esters is 1. The smallest absolute Gasteiger partial charge is 0.375 e. The molecule has 4 fully saturated rings. The lowest BCUT2D eigenvalue weighted by Crippen LogP contribution is -2.69. The summed E-state index contributed by atoms with van der Waals surface area (Å²) < 4.78 is 13.1. The first-order chi connectivity index (χ1) is 29.6. The van der Waals surface area contributed by atoms with Gasteiger partial charge in [-0.15, -0.1) is 23.2 Å². The van der Waals surface area contributed by atoms with E-state index < -0.39 is 33.4 Å². The molecule has 0 amide bonds. The summed E-state index contributed by atoms with van der Waals surface area (Å²) in [4.78, 5) is 53.2. The fourth-order valence-corrected chi connectivity index (χ4v) is 12.9. The number of hydrogen-bond acceptors (Lipinski definition) is 9. The molecule has 4 aromatic rings. The number of aliphatic hydroxyl groups is 1. The van der Waals surface area contributed by atoms with Crippen molar-refractivity contribution < 1.29 is 28.6 Å². The lowest BCUT2D eigenvalue weighted by atomic mass is 9.45. The molecule has 2 aromatic carbocycles. The third-order valence-corrected chi connectivity index (χ3v) is 16.6. The van der Waals surface area contributed by atoms with Gasteiger partial charge in [0.25, 0.3) is 5.56 Å². The van der Waals surface area contributed by atoms with Gasteiger partial charge in [-0.2, -0.15) is 5.10 Å². The van der Waals surface area contributed by atoms with Gasteiger partial charge in [-0.1, -0.05) is 74.4 Å². The highest BCUT2D eigenvalue weighted by atomic mass is 35.5. The van der Waals surface area contributed by atoms with Crippen molar-refractivity contribution in [2.75, 3.05) is 26.0 Å². The number of nitrogens with zero attached hydrogens (tertiary/aromatic N) is 3. The topological polar surface area (TPSA) is 132 Å². The standard InChI is InChI=1S/C27H30Cl2O6.C22H24ClN3O/c1-15-11-19-18-7-6-16-12-17(30)8-9-24(16,2)26(18,29)21(31)13-25(19,3)27(15,22(32)14-28)35-23(33)20-5-4-10-34-20;1-25-13-4-5-18(12-14-25)26-22(27)20-7-3-2-6-19(20)21(24-26)15-16-8-10-17(23)11-9-16/h4-5,8-10,12,15,18-19,21,31H,6-7,11,13-14H2,1-3H3;2-3,6-11,18H,4-5,12-15H2,1H3/t15-,18+,19+,21+,24+,25+,26+,27+;/m1./s1. The first kappa shape index (κ1) is 44.5. The highest BCUT2D eigenvalue weighted by Crippen LogP contribution is 2.72. The minimum Gasteiger partial charge on any atom is -0.457 e. The van der Waals surface area contributed by atoms with E-state index >= 15 is 0 Å². The van der Waals surface area contributed by atoms with Gasteiger partial charge in [-0.25, -0.2) is 9.48 Å². The minimum atomic E-state index is -1.53. The van der Waals surface area contributed by atoms with Crippen LogP contribution in [0, 0.1) is 28.6 Å². The first-order valence-electron chi connectivity index (χ1n) is 21.7. The van der Waals surface area contributed by atoms with Crippen LogP contribution in [0.4, 0.5) is 0 Å². The molecule has 10 nitrogen and oxygen atoms in total. The third kappa shape index (κ3) is 7.31. The molecule has 328 valence electrons. The van der Waals surface area contributed by atoms with E-state index in [9.17, 15) is 24.3 Å². The summed E-state index contributed by atoms with van der Waals surface area (Å²) in [5.41, 5.74) is -0.0837. The maximum atomic E-state index is 13.6. The van der Waals surface area contributed by atoms with E-state index in [0.717, 1.165) is 65.0 Å². The van der Waals surface area contributed by atoms with Crippen LogP contribution in [0.5, 0.6) is 0 Å². The van der Waals surface area contributed by atoms with Crippen molar-refractivity contribution in [3.8, 4) is 0 Å². The van der Waals surface area contributed by atoms with Gasteiger partial charge in [0.15, 0.2) is 17.2 Å². The zero-order valence-corrected chi connectivity index (χ0v) is 37.9. The molecular weight excluding hydrogens is 849 g/mol. The van der Waals surface area contributed by atoms with Gasteiger partial charge in [-0.3, -0.25) is 14.4 Å². The second kappa shape index (κ2) is 17.1. The number of allylic oxidation sites excluding steroid dienone is 4. The van der Waals surface area contributed by atoms with Crippen molar-refractivity contribution in [1.82, 2.24) is 14.7 Å². The molecule has 2 aromatic heterocycles. The zero-order valence-electron chi connectivity index (χ0n) is 35.6. The zero-order chi connectivity index (χ0) is 44.2. The molecule has 1 saturated heterocycles. The molecule has 1 aliphatic heterocycles. The van der Waals surface area contributed by atoms with E-state index in [1.54, 1.807) is 16.8 Å². The van der Waals surface area contributed by atoms with Crippen LogP contribution in [0.3, 0.4) is 0 Å². The number of aromatic nitrogens is 2. The number of Topliss-reactive ketones (excluding diaryl/α,β-unsaturated/α-hetero) is 1. The molecule has 9 atom stereocenters. The Kier molecular flexibility index (Phi) is 12.3. The van der Waals surface area contributed by atoms with Crippen molar-refractivity contribution in [3.05, 3.63) is 123 Å². The average molecular weight is 903 g/mol. The number of halogens is 3. The van der Waals surface area contributed by atoms with Gasteiger partial charge in [0.2, 0.25) is 5.76 Å². The van der Waals surface area contributed by atoms with Crippen molar-refractivity contribution in [3.63, 3.8) is 0 Å². The monoisotopic (exact) mass is 901 g/mol. The summed E-state index contributed by atoms with van der Waals surface area (Å²) in [7, 11) is 2.14. The van der Waals surface area contributed by atoms with Crippen LogP contribution < -0.4 is 5.56 Å². The molecule has 3 saturated carbocycles. The Morgan fingerprint density at radius 3 is 2.44 bits per heavy atom. The molecule has 0 radical (unpaired) electrons. The number of aliphatic hydroxyl groups excluding tert-OH is 1. The molecule has 9 rings (SSSR count). The predicted octanol–water partition coefficient (Wildman–Crippen LogP) is 9.17. The van der Waals surface area contributed by atoms with Gasteiger partial charge in [-0.05, 0) is 125 Å². The molecule has 0 bridgehead atoms. The van der Waals surface area contributed by atoms with E-state index in [1.807, 2.05) is 75.4 Å². The molecule has 3 heterocycles. The summed E-state index contributed by atoms with van der Waals surface area (Å²) in [6, 6.07) is 18.9. The van der Waals surface area contributed by atoms with Gasteiger partial charge in [0.05, 0.1) is 40.2 Å². The Hall–Kier alpha value is -4.06. The van der Waals surface area contributed by atoms with Crippen molar-refractivity contribution >= 4 is 63.1 Å². The maximum absolute atomic E-state index is 13.6. The van der Waals surface area contributed by atoms with E-state index in [2.05, 4.69) is 11.9 Å². The van der Waals surface area contributed by atoms with E-state index in [-0.39, 0.29) is 59.0 Å². The number of carbonyl (C=O) groups excluding carboxylic acids is 3. The molecule has 13 heteroatoms. The largest absolute Gasteiger partial charge is 0.457 e. The van der Waals surface area contributed by atoms with Crippen LogP contribution >= 0.6 is 34.8 Å². The second-order valence-electron chi connectivity index (χ2n) is 18.5. The normalized spacial score (nSPS) is 33.0. The Morgan fingerprint density at radius 1 is 0.984 bits per heavy atom. The summed E-state index contributed by atoms with van der Waals surface area (Å²) in [5.74, 6) is -2.12. The van der Waals surface area contributed by atoms with Crippen molar-refractivity contribution in [2.45, 2.75) is 94.8 Å². The number of ketones is 2. The average Bonchev–Trinajstić information content (AvgIpc) is 3.80. The second-order valence-corrected chi connectivity index (χ2v) is 19.8. The van der Waals surface area contributed by atoms with Crippen LogP contribution in [-0.4, -0.2) is 79.9 Å². The summed E-state index contributed by atoms with van der Waals surface area (Å²) in [5, 5.41) is 19.0. The van der Waals surface area contributed by atoms with Crippen LogP contribution in [0.25, 0.3) is 10.8 Å². The predicted molar refractivity (Wildman–Crippen MR) is 241 cm³/mol. The number of fused-ring (bicyclic) bond motifs is 6. The Balaban J connectivity index is 0.000000176. The SMILES string of the molecule is CN1CCCC(n2nc(Cc3ccc(Cl)cc3)c3ccccc3c2=O)CC1.C[C@@H]1C[C@H]2[C@@H]3CCC4=CC(=O)C=C[C@]4(C)[C@@]3(Cl)[C@@H](O)C[C@]2(C)[C@@]1(OC(=O)c1ccco1)C(=O)CCl. The number of furan rings is 1. The third-order valence-electron chi connectivity index (χ3n) is 15.1. The molecular formula is C49H54Cl3N3O7. The number of likely N-dealkylation sites (tertiary alicyclic amines) is 1. The Morgan fingerprint density at radius 2 is 1.73 bits per heavy atom. The minimum absolute atomic E-state index is 0.00557. The van der Waals surface area contributed by atoms with Crippen LogP contribution in [0.1, 0.15) is 93.6 Å². The highest BCUT2D eigenvalue weighted by molar-refractivity contribution is 6.30. The van der Waals surface area contributed by atoms with E-state index in [4.69, 9.17) is 49.1 Å². The van der Waals surface area contributed by atoms with E-state index in [1.165, 1.54) is 18.4 Å². The number of alkyl halides is 2. The van der Waals surface area contributed by atoms with Crippen LogP contribution in [-0.2, 0) is 20.7 Å². The number of ether oxygens (including phenoxy) is 1. The summed E-state index contributed by atoms with van der Waals surface area (Å²) in [6.45, 7) is 7.89. The van der Waals surface area contributed by atoms with Crippen LogP contribution in [0.15, 0.2) is 99.9 Å².